The van der Waals surface area contributed by atoms with Crippen molar-refractivity contribution in [1.82, 2.24) is 9.03 Å². The number of rotatable bonds is 6. The molecule has 0 radical (unpaired) electrons. The van der Waals surface area contributed by atoms with E-state index >= 15 is 0 Å². The van der Waals surface area contributed by atoms with Crippen LogP contribution in [0, 0.1) is 5.92 Å². The average molecular weight is 292 g/mol. The molecule has 0 bridgehead atoms. The predicted molar refractivity (Wildman–Crippen MR) is 73.0 cm³/mol. The van der Waals surface area contributed by atoms with Crippen LogP contribution in [0.15, 0.2) is 0 Å². The van der Waals surface area contributed by atoms with Gasteiger partial charge in [0.15, 0.2) is 0 Å². The summed E-state index contributed by atoms with van der Waals surface area (Å²) >= 11 is 0. The number of carbonyl (C=O) groups is 1. The Hall–Kier alpha value is -0.660. The Kier molecular flexibility index (Phi) is 5.34. The Balaban J connectivity index is 2.60. The van der Waals surface area contributed by atoms with Crippen molar-refractivity contribution >= 4 is 16.2 Å². The first-order chi connectivity index (χ1) is 8.62. The molecule has 0 aromatic heterocycles. The van der Waals surface area contributed by atoms with Crippen molar-refractivity contribution in [3.05, 3.63) is 0 Å². The number of nitrogens with one attached hydrogen (secondary N) is 1. The number of carboxylic acids is 1. The fraction of sp³-hybridized carbons (Fsp3) is 0.917. The van der Waals surface area contributed by atoms with Gasteiger partial charge in [-0.05, 0) is 39.0 Å². The van der Waals surface area contributed by atoms with Gasteiger partial charge in [0.25, 0.3) is 10.2 Å². The maximum Gasteiger partial charge on any atom is 0.303 e. The molecule has 2 N–H and O–H groups in total. The molecule has 112 valence electrons. The van der Waals surface area contributed by atoms with Gasteiger partial charge in [0.1, 0.15) is 0 Å². The summed E-state index contributed by atoms with van der Waals surface area (Å²) in [6.07, 6.45) is 1.96. The molecule has 1 saturated heterocycles. The Morgan fingerprint density at radius 2 is 1.89 bits per heavy atom. The first kappa shape index (κ1) is 16.4. The second kappa shape index (κ2) is 6.19. The lowest BCUT2D eigenvalue weighted by Gasteiger charge is -2.33. The van der Waals surface area contributed by atoms with Gasteiger partial charge in [-0.15, -0.1) is 0 Å². The molecule has 0 aliphatic carbocycles. The van der Waals surface area contributed by atoms with Gasteiger partial charge in [0.2, 0.25) is 0 Å². The molecule has 0 aromatic carbocycles. The van der Waals surface area contributed by atoms with Crippen LogP contribution in [0.4, 0.5) is 0 Å². The third-order valence-electron chi connectivity index (χ3n) is 3.45. The minimum absolute atomic E-state index is 0.0491. The van der Waals surface area contributed by atoms with E-state index in [2.05, 4.69) is 11.6 Å². The van der Waals surface area contributed by atoms with Crippen LogP contribution in [-0.2, 0) is 15.0 Å². The van der Waals surface area contributed by atoms with Gasteiger partial charge in [0.05, 0.1) is 0 Å². The summed E-state index contributed by atoms with van der Waals surface area (Å²) in [5.41, 5.74) is -0.750. The van der Waals surface area contributed by atoms with E-state index < -0.39 is 21.7 Å². The zero-order valence-corrected chi connectivity index (χ0v) is 12.7. The topological polar surface area (TPSA) is 86.7 Å². The molecule has 1 heterocycles. The summed E-state index contributed by atoms with van der Waals surface area (Å²) in [5, 5.41) is 8.67. The van der Waals surface area contributed by atoms with E-state index in [0.29, 0.717) is 19.0 Å². The maximum atomic E-state index is 12.2. The molecule has 7 heteroatoms. The smallest absolute Gasteiger partial charge is 0.303 e. The Bertz CT molecular complexity index is 411. The third-order valence-corrected chi connectivity index (χ3v) is 5.31. The van der Waals surface area contributed by atoms with E-state index in [4.69, 9.17) is 5.11 Å². The summed E-state index contributed by atoms with van der Waals surface area (Å²) in [4.78, 5) is 10.6. The van der Waals surface area contributed by atoms with Crippen molar-refractivity contribution in [2.24, 2.45) is 5.92 Å². The van der Waals surface area contributed by atoms with Gasteiger partial charge < -0.3 is 5.11 Å². The normalized spacial score (nSPS) is 19.5. The second-order valence-electron chi connectivity index (χ2n) is 5.97. The van der Waals surface area contributed by atoms with Gasteiger partial charge in [-0.1, -0.05) is 6.92 Å². The monoisotopic (exact) mass is 292 g/mol. The first-order valence-corrected chi connectivity index (χ1v) is 8.07. The Labute approximate surface area is 115 Å². The molecule has 0 atom stereocenters. The van der Waals surface area contributed by atoms with Crippen molar-refractivity contribution in [2.75, 3.05) is 13.1 Å². The van der Waals surface area contributed by atoms with Crippen LogP contribution >= 0.6 is 0 Å². The lowest BCUT2D eigenvalue weighted by Crippen LogP contribution is -2.52. The Morgan fingerprint density at radius 1 is 1.37 bits per heavy atom. The molecule has 1 aliphatic heterocycles. The van der Waals surface area contributed by atoms with E-state index in [1.165, 1.54) is 4.31 Å². The molecule has 0 amide bonds. The molecule has 19 heavy (non-hydrogen) atoms. The zero-order valence-electron chi connectivity index (χ0n) is 11.8. The Morgan fingerprint density at radius 3 is 2.37 bits per heavy atom. The standard InChI is InChI=1S/C12H24N2O4S/c1-10-5-8-14(9-6-10)19(17,18)13-12(2,3)7-4-11(15)16/h10,13H,4-9H2,1-3H3,(H,15,16). The molecule has 0 saturated carbocycles. The number of hydrogen-bond acceptors (Lipinski definition) is 3. The first-order valence-electron chi connectivity index (χ1n) is 6.63. The summed E-state index contributed by atoms with van der Waals surface area (Å²) in [7, 11) is -3.52. The third kappa shape index (κ3) is 5.46. The highest BCUT2D eigenvalue weighted by molar-refractivity contribution is 7.87. The van der Waals surface area contributed by atoms with E-state index in [0.717, 1.165) is 12.8 Å². The molecule has 0 unspecified atom stereocenters. The second-order valence-corrected chi connectivity index (χ2v) is 7.64. The number of aliphatic carboxylic acids is 1. The summed E-state index contributed by atoms with van der Waals surface area (Å²) in [6, 6.07) is 0. The van der Waals surface area contributed by atoms with E-state index in [1.54, 1.807) is 13.8 Å². The summed E-state index contributed by atoms with van der Waals surface area (Å²) < 4.78 is 28.5. The number of carboxylic acid groups (broad SMARTS) is 1. The molecular formula is C12H24N2O4S. The summed E-state index contributed by atoms with van der Waals surface area (Å²) in [5.74, 6) is -0.356. The molecule has 0 aromatic rings. The molecule has 0 spiro atoms. The average Bonchev–Trinajstić information content (AvgIpc) is 2.26. The van der Waals surface area contributed by atoms with Gasteiger partial charge >= 0.3 is 5.97 Å². The molecule has 6 nitrogen and oxygen atoms in total. The van der Waals surface area contributed by atoms with Crippen LogP contribution < -0.4 is 4.72 Å². The fourth-order valence-corrected chi connectivity index (χ4v) is 3.73. The largest absolute Gasteiger partial charge is 0.481 e. The van der Waals surface area contributed by atoms with Crippen LogP contribution in [-0.4, -0.2) is 42.4 Å². The maximum absolute atomic E-state index is 12.2. The lowest BCUT2D eigenvalue weighted by atomic mass is 10.0. The minimum Gasteiger partial charge on any atom is -0.481 e. The van der Waals surface area contributed by atoms with Crippen LogP contribution in [0.25, 0.3) is 0 Å². The van der Waals surface area contributed by atoms with Gasteiger partial charge in [-0.25, -0.2) is 0 Å². The molecule has 1 fully saturated rings. The highest BCUT2D eigenvalue weighted by Gasteiger charge is 2.31. The van der Waals surface area contributed by atoms with Crippen LogP contribution in [0.2, 0.25) is 0 Å². The number of hydrogen-bond donors (Lipinski definition) is 2. The van der Waals surface area contributed by atoms with Gasteiger partial charge in [-0.2, -0.15) is 17.4 Å². The minimum atomic E-state index is -3.52. The fourth-order valence-electron chi connectivity index (χ4n) is 2.11. The quantitative estimate of drug-likeness (QED) is 0.770. The van der Waals surface area contributed by atoms with Crippen molar-refractivity contribution in [1.29, 1.82) is 0 Å². The number of nitrogens with zero attached hydrogens (tertiary/aromatic N) is 1. The van der Waals surface area contributed by atoms with Crippen LogP contribution in [0.3, 0.4) is 0 Å². The van der Waals surface area contributed by atoms with E-state index in [-0.39, 0.29) is 12.8 Å². The van der Waals surface area contributed by atoms with E-state index in [1.807, 2.05) is 0 Å². The zero-order chi connectivity index (χ0) is 14.7. The molecule has 1 aliphatic rings. The number of piperidine rings is 1. The molecular weight excluding hydrogens is 268 g/mol. The highest BCUT2D eigenvalue weighted by Crippen LogP contribution is 2.20. The van der Waals surface area contributed by atoms with Gasteiger partial charge in [0, 0.05) is 25.0 Å². The van der Waals surface area contributed by atoms with Crippen molar-refractivity contribution < 1.29 is 18.3 Å². The SMILES string of the molecule is CC1CCN(S(=O)(=O)NC(C)(C)CCC(=O)O)CC1. The van der Waals surface area contributed by atoms with Crippen LogP contribution in [0.5, 0.6) is 0 Å². The highest BCUT2D eigenvalue weighted by atomic mass is 32.2. The lowest BCUT2D eigenvalue weighted by molar-refractivity contribution is -0.137. The van der Waals surface area contributed by atoms with E-state index in [9.17, 15) is 13.2 Å². The van der Waals surface area contributed by atoms with Gasteiger partial charge in [-0.3, -0.25) is 4.79 Å². The van der Waals surface area contributed by atoms with Crippen molar-refractivity contribution in [3.8, 4) is 0 Å². The molecule has 1 rings (SSSR count). The summed E-state index contributed by atoms with van der Waals surface area (Å²) in [6.45, 7) is 6.60. The van der Waals surface area contributed by atoms with Crippen LogP contribution in [0.1, 0.15) is 46.5 Å². The van der Waals surface area contributed by atoms with Crippen molar-refractivity contribution in [3.63, 3.8) is 0 Å². The predicted octanol–water partition coefficient (Wildman–Crippen LogP) is 1.20. The van der Waals surface area contributed by atoms with Crippen molar-refractivity contribution in [2.45, 2.75) is 52.0 Å².